The van der Waals surface area contributed by atoms with Crippen LogP contribution in [0.25, 0.3) is 0 Å². The van der Waals surface area contributed by atoms with Crippen LogP contribution in [0.5, 0.6) is 0 Å². The zero-order chi connectivity index (χ0) is 13.1. The Kier molecular flexibility index (Phi) is 4.18. The third kappa shape index (κ3) is 3.20. The van der Waals surface area contributed by atoms with Gasteiger partial charge < -0.3 is 0 Å². The van der Waals surface area contributed by atoms with Gasteiger partial charge in [0.2, 0.25) is 0 Å². The molecule has 0 N–H and O–H groups in total. The summed E-state index contributed by atoms with van der Waals surface area (Å²) >= 11 is 3.58. The van der Waals surface area contributed by atoms with E-state index >= 15 is 0 Å². The van der Waals surface area contributed by atoms with Crippen LogP contribution in [-0.4, -0.2) is 0 Å². The zero-order valence-corrected chi connectivity index (χ0v) is 12.2. The summed E-state index contributed by atoms with van der Waals surface area (Å²) in [6.45, 7) is 3.96. The fraction of sp³-hybridized carbons (Fsp3) is 0.250. The van der Waals surface area contributed by atoms with Crippen LogP contribution in [0.3, 0.4) is 0 Å². The number of halogens is 2. The standard InChI is InChI=1S/C16H16BrF/c1-11-3-6-13(7-4-11)10-15(17)14-8-5-12(2)9-16(14)18/h3-9,15H,10H2,1-2H3. The summed E-state index contributed by atoms with van der Waals surface area (Å²) in [5.74, 6) is -0.135. The molecule has 0 aromatic heterocycles. The SMILES string of the molecule is Cc1ccc(CC(Br)c2ccc(C)cc2F)cc1. The van der Waals surface area contributed by atoms with Gasteiger partial charge in [0.1, 0.15) is 5.82 Å². The highest BCUT2D eigenvalue weighted by molar-refractivity contribution is 9.09. The first kappa shape index (κ1) is 13.3. The molecule has 0 heterocycles. The fourth-order valence-corrected chi connectivity index (χ4v) is 2.67. The minimum atomic E-state index is -0.135. The predicted octanol–water partition coefficient (Wildman–Crippen LogP) is 5.12. The molecule has 2 rings (SSSR count). The topological polar surface area (TPSA) is 0 Å². The van der Waals surface area contributed by atoms with Crippen LogP contribution < -0.4 is 0 Å². The van der Waals surface area contributed by atoms with Crippen molar-refractivity contribution in [2.24, 2.45) is 0 Å². The number of rotatable bonds is 3. The maximum atomic E-state index is 13.8. The van der Waals surface area contributed by atoms with Crippen LogP contribution in [0, 0.1) is 19.7 Å². The first-order valence-corrected chi connectivity index (χ1v) is 6.93. The molecule has 2 aromatic rings. The van der Waals surface area contributed by atoms with Gasteiger partial charge in [-0.2, -0.15) is 0 Å². The molecule has 0 aliphatic heterocycles. The molecule has 0 bridgehead atoms. The van der Waals surface area contributed by atoms with Gasteiger partial charge in [0, 0.05) is 10.4 Å². The Morgan fingerprint density at radius 1 is 1.00 bits per heavy atom. The Balaban J connectivity index is 2.16. The second kappa shape index (κ2) is 5.66. The van der Waals surface area contributed by atoms with E-state index < -0.39 is 0 Å². The Bertz CT molecular complexity index is 531. The minimum Gasteiger partial charge on any atom is -0.207 e. The molecule has 0 saturated heterocycles. The maximum Gasteiger partial charge on any atom is 0.127 e. The van der Waals surface area contributed by atoms with Crippen molar-refractivity contribution in [2.45, 2.75) is 25.1 Å². The Morgan fingerprint density at radius 3 is 2.22 bits per heavy atom. The Labute approximate surface area is 116 Å². The van der Waals surface area contributed by atoms with Gasteiger partial charge in [-0.15, -0.1) is 0 Å². The minimum absolute atomic E-state index is 0.0146. The lowest BCUT2D eigenvalue weighted by Gasteiger charge is -2.12. The Morgan fingerprint density at radius 2 is 1.61 bits per heavy atom. The number of hydrogen-bond acceptors (Lipinski definition) is 0. The largest absolute Gasteiger partial charge is 0.207 e. The predicted molar refractivity (Wildman–Crippen MR) is 77.7 cm³/mol. The number of hydrogen-bond donors (Lipinski definition) is 0. The first-order valence-electron chi connectivity index (χ1n) is 6.02. The van der Waals surface area contributed by atoms with E-state index in [-0.39, 0.29) is 10.6 Å². The first-order chi connectivity index (χ1) is 8.56. The van der Waals surface area contributed by atoms with E-state index in [0.29, 0.717) is 0 Å². The van der Waals surface area contributed by atoms with Crippen molar-refractivity contribution in [3.8, 4) is 0 Å². The van der Waals surface area contributed by atoms with E-state index in [0.717, 1.165) is 17.5 Å². The maximum absolute atomic E-state index is 13.8. The van der Waals surface area contributed by atoms with Gasteiger partial charge in [0.15, 0.2) is 0 Å². The van der Waals surface area contributed by atoms with E-state index in [1.54, 1.807) is 6.07 Å². The van der Waals surface area contributed by atoms with Crippen LogP contribution in [0.15, 0.2) is 42.5 Å². The van der Waals surface area contributed by atoms with Crippen molar-refractivity contribution < 1.29 is 4.39 Å². The second-order valence-electron chi connectivity index (χ2n) is 4.68. The number of aryl methyl sites for hydroxylation is 2. The summed E-state index contributed by atoms with van der Waals surface area (Å²) in [6, 6.07) is 13.7. The van der Waals surface area contributed by atoms with Crippen LogP contribution >= 0.6 is 15.9 Å². The van der Waals surface area contributed by atoms with E-state index in [2.05, 4.69) is 47.1 Å². The molecule has 0 saturated carbocycles. The molecule has 0 aliphatic carbocycles. The molecule has 0 nitrogen and oxygen atoms in total. The van der Waals surface area contributed by atoms with E-state index in [1.807, 2.05) is 19.1 Å². The summed E-state index contributed by atoms with van der Waals surface area (Å²) in [5.41, 5.74) is 4.13. The summed E-state index contributed by atoms with van der Waals surface area (Å²) < 4.78 is 13.8. The highest BCUT2D eigenvalue weighted by Crippen LogP contribution is 2.29. The zero-order valence-electron chi connectivity index (χ0n) is 10.6. The van der Waals surface area contributed by atoms with Gasteiger partial charge in [0.05, 0.1) is 0 Å². The van der Waals surface area contributed by atoms with Crippen molar-refractivity contribution in [2.75, 3.05) is 0 Å². The quantitative estimate of drug-likeness (QED) is 0.690. The highest BCUT2D eigenvalue weighted by atomic mass is 79.9. The second-order valence-corrected chi connectivity index (χ2v) is 5.79. The van der Waals surface area contributed by atoms with Crippen molar-refractivity contribution in [1.29, 1.82) is 0 Å². The third-order valence-corrected chi connectivity index (χ3v) is 3.85. The molecule has 0 radical (unpaired) electrons. The molecule has 2 heteroatoms. The molecular formula is C16H16BrF. The lowest BCUT2D eigenvalue weighted by molar-refractivity contribution is 0.607. The molecule has 0 fully saturated rings. The van der Waals surface area contributed by atoms with Gasteiger partial charge in [-0.05, 0) is 37.5 Å². The third-order valence-electron chi connectivity index (χ3n) is 3.03. The average Bonchev–Trinajstić information content (AvgIpc) is 2.32. The lowest BCUT2D eigenvalue weighted by atomic mass is 10.0. The normalized spacial score (nSPS) is 12.4. The summed E-state index contributed by atoms with van der Waals surface area (Å²) in [5, 5.41) is 0. The van der Waals surface area contributed by atoms with Crippen molar-refractivity contribution >= 4 is 15.9 Å². The molecule has 1 unspecified atom stereocenters. The number of benzene rings is 2. The van der Waals surface area contributed by atoms with Crippen LogP contribution in [0.2, 0.25) is 0 Å². The van der Waals surface area contributed by atoms with Crippen molar-refractivity contribution in [3.05, 3.63) is 70.5 Å². The molecule has 94 valence electrons. The molecule has 1 atom stereocenters. The van der Waals surface area contributed by atoms with Crippen LogP contribution in [0.1, 0.15) is 27.1 Å². The van der Waals surface area contributed by atoms with E-state index in [4.69, 9.17) is 0 Å². The molecule has 0 spiro atoms. The van der Waals surface area contributed by atoms with Gasteiger partial charge in [-0.25, -0.2) is 4.39 Å². The molecule has 0 aliphatic rings. The highest BCUT2D eigenvalue weighted by Gasteiger charge is 2.13. The van der Waals surface area contributed by atoms with Gasteiger partial charge in [-0.1, -0.05) is 57.9 Å². The van der Waals surface area contributed by atoms with Gasteiger partial charge in [0.25, 0.3) is 0 Å². The van der Waals surface area contributed by atoms with Gasteiger partial charge >= 0.3 is 0 Å². The summed E-state index contributed by atoms with van der Waals surface area (Å²) in [7, 11) is 0. The monoisotopic (exact) mass is 306 g/mol. The molecule has 18 heavy (non-hydrogen) atoms. The van der Waals surface area contributed by atoms with Gasteiger partial charge in [-0.3, -0.25) is 0 Å². The molecular weight excluding hydrogens is 291 g/mol. The van der Waals surface area contributed by atoms with Crippen LogP contribution in [-0.2, 0) is 6.42 Å². The average molecular weight is 307 g/mol. The Hall–Kier alpha value is -1.15. The lowest BCUT2D eigenvalue weighted by Crippen LogP contribution is -1.99. The number of alkyl halides is 1. The van der Waals surface area contributed by atoms with E-state index in [1.165, 1.54) is 11.1 Å². The van der Waals surface area contributed by atoms with Crippen molar-refractivity contribution in [3.63, 3.8) is 0 Å². The molecule has 0 amide bonds. The van der Waals surface area contributed by atoms with Crippen LogP contribution in [0.4, 0.5) is 4.39 Å². The van der Waals surface area contributed by atoms with Crippen molar-refractivity contribution in [1.82, 2.24) is 0 Å². The summed E-state index contributed by atoms with van der Waals surface area (Å²) in [6.07, 6.45) is 0.792. The smallest absolute Gasteiger partial charge is 0.127 e. The molecule has 2 aromatic carbocycles. The fourth-order valence-electron chi connectivity index (χ4n) is 1.93. The summed E-state index contributed by atoms with van der Waals surface area (Å²) in [4.78, 5) is 0.0146. The van der Waals surface area contributed by atoms with E-state index in [9.17, 15) is 4.39 Å².